The number of nitrogens with one attached hydrogen (secondary N) is 1. The molecule has 0 radical (unpaired) electrons. The van der Waals surface area contributed by atoms with Gasteiger partial charge in [0.2, 0.25) is 3.79 Å². The smallest absolute Gasteiger partial charge is 0.408 e. The van der Waals surface area contributed by atoms with E-state index < -0.39 is 15.3 Å². The standard InChI is InChI=1S/C7H12Cl3NO2S/c1-3-13-6(12)11-5(14-4-2)7(8,9)10/h5H,3-4H2,1-2H3,(H,11,12). The van der Waals surface area contributed by atoms with Crippen molar-refractivity contribution in [1.29, 1.82) is 0 Å². The summed E-state index contributed by atoms with van der Waals surface area (Å²) in [4.78, 5) is 11.1. The third-order valence-electron chi connectivity index (χ3n) is 1.16. The average molecular weight is 281 g/mol. The van der Waals surface area contributed by atoms with Crippen molar-refractivity contribution in [3.05, 3.63) is 0 Å². The van der Waals surface area contributed by atoms with Crippen molar-refractivity contribution in [3.63, 3.8) is 0 Å². The highest BCUT2D eigenvalue weighted by atomic mass is 35.6. The van der Waals surface area contributed by atoms with Gasteiger partial charge in [-0.3, -0.25) is 0 Å². The molecule has 3 nitrogen and oxygen atoms in total. The Balaban J connectivity index is 4.16. The average Bonchev–Trinajstić information content (AvgIpc) is 2.02. The van der Waals surface area contributed by atoms with Crippen LogP contribution in [0.2, 0.25) is 0 Å². The van der Waals surface area contributed by atoms with Crippen LogP contribution in [-0.4, -0.2) is 27.6 Å². The van der Waals surface area contributed by atoms with E-state index in [1.807, 2.05) is 6.92 Å². The van der Waals surface area contributed by atoms with Gasteiger partial charge < -0.3 is 10.1 Å². The summed E-state index contributed by atoms with van der Waals surface area (Å²) in [6.45, 7) is 3.90. The number of alkyl halides is 3. The molecule has 0 aromatic rings. The van der Waals surface area contributed by atoms with Crippen LogP contribution >= 0.6 is 46.6 Å². The number of ether oxygens (including phenoxy) is 1. The highest BCUT2D eigenvalue weighted by Gasteiger charge is 2.34. The maximum Gasteiger partial charge on any atom is 0.408 e. The van der Waals surface area contributed by atoms with Gasteiger partial charge in [0, 0.05) is 0 Å². The summed E-state index contributed by atoms with van der Waals surface area (Å²) in [6, 6.07) is 0. The van der Waals surface area contributed by atoms with E-state index in [2.05, 4.69) is 10.1 Å². The molecule has 1 atom stereocenters. The van der Waals surface area contributed by atoms with E-state index in [1.54, 1.807) is 6.92 Å². The van der Waals surface area contributed by atoms with E-state index in [0.29, 0.717) is 0 Å². The van der Waals surface area contributed by atoms with Gasteiger partial charge in [-0.2, -0.15) is 0 Å². The van der Waals surface area contributed by atoms with Crippen LogP contribution in [0.1, 0.15) is 13.8 Å². The van der Waals surface area contributed by atoms with E-state index in [-0.39, 0.29) is 6.61 Å². The second-order valence-electron chi connectivity index (χ2n) is 2.24. The second-order valence-corrected chi connectivity index (χ2v) is 5.99. The van der Waals surface area contributed by atoms with Gasteiger partial charge in [-0.05, 0) is 12.7 Å². The molecular weight excluding hydrogens is 269 g/mol. The predicted molar refractivity (Wildman–Crippen MR) is 62.4 cm³/mol. The van der Waals surface area contributed by atoms with Crippen LogP contribution < -0.4 is 5.32 Å². The first-order valence-corrected chi connectivity index (χ1v) is 6.21. The fourth-order valence-corrected chi connectivity index (χ4v) is 2.10. The van der Waals surface area contributed by atoms with Crippen LogP contribution in [0.3, 0.4) is 0 Å². The first-order chi connectivity index (χ1) is 6.41. The number of amides is 1. The van der Waals surface area contributed by atoms with Gasteiger partial charge in [0.25, 0.3) is 0 Å². The van der Waals surface area contributed by atoms with Crippen LogP contribution in [0.5, 0.6) is 0 Å². The van der Waals surface area contributed by atoms with Crippen molar-refractivity contribution in [2.75, 3.05) is 12.4 Å². The van der Waals surface area contributed by atoms with E-state index in [4.69, 9.17) is 34.8 Å². The molecule has 84 valence electrons. The molecule has 0 heterocycles. The van der Waals surface area contributed by atoms with Crippen LogP contribution in [0, 0.1) is 0 Å². The van der Waals surface area contributed by atoms with Crippen molar-refractivity contribution < 1.29 is 9.53 Å². The number of thioether (sulfide) groups is 1. The molecule has 0 saturated carbocycles. The molecule has 0 saturated heterocycles. The molecule has 0 aliphatic rings. The van der Waals surface area contributed by atoms with Crippen molar-refractivity contribution in [2.24, 2.45) is 0 Å². The minimum Gasteiger partial charge on any atom is -0.450 e. The lowest BCUT2D eigenvalue weighted by atomic mass is 10.7. The molecule has 1 N–H and O–H groups in total. The second kappa shape index (κ2) is 6.88. The zero-order valence-electron chi connectivity index (χ0n) is 7.85. The van der Waals surface area contributed by atoms with E-state index in [1.165, 1.54) is 11.8 Å². The summed E-state index contributed by atoms with van der Waals surface area (Å²) < 4.78 is 3.14. The molecule has 0 aromatic heterocycles. The van der Waals surface area contributed by atoms with Gasteiger partial charge in [0.1, 0.15) is 5.37 Å². The van der Waals surface area contributed by atoms with Gasteiger partial charge in [-0.15, -0.1) is 11.8 Å². The monoisotopic (exact) mass is 279 g/mol. The molecule has 0 spiro atoms. The first-order valence-electron chi connectivity index (χ1n) is 4.03. The number of hydrogen-bond acceptors (Lipinski definition) is 3. The molecule has 0 fully saturated rings. The van der Waals surface area contributed by atoms with E-state index in [0.717, 1.165) is 5.75 Å². The minimum absolute atomic E-state index is 0.287. The lowest BCUT2D eigenvalue weighted by Crippen LogP contribution is -2.41. The summed E-state index contributed by atoms with van der Waals surface area (Å²) >= 11 is 18.3. The summed E-state index contributed by atoms with van der Waals surface area (Å²) in [7, 11) is 0. The van der Waals surface area contributed by atoms with Crippen molar-refractivity contribution in [1.82, 2.24) is 5.32 Å². The number of halogens is 3. The quantitative estimate of drug-likeness (QED) is 0.635. The van der Waals surface area contributed by atoms with Crippen LogP contribution in [0.4, 0.5) is 4.79 Å². The topological polar surface area (TPSA) is 38.3 Å². The zero-order chi connectivity index (χ0) is 11.2. The lowest BCUT2D eigenvalue weighted by molar-refractivity contribution is 0.151. The molecule has 0 aliphatic carbocycles. The van der Waals surface area contributed by atoms with Crippen molar-refractivity contribution in [3.8, 4) is 0 Å². The lowest BCUT2D eigenvalue weighted by Gasteiger charge is -2.23. The summed E-state index contributed by atoms with van der Waals surface area (Å²) in [5.74, 6) is 0.727. The Hall–Kier alpha value is 0.490. The Morgan fingerprint density at radius 1 is 1.50 bits per heavy atom. The molecular formula is C7H12Cl3NO2S. The van der Waals surface area contributed by atoms with Crippen LogP contribution in [0.25, 0.3) is 0 Å². The zero-order valence-corrected chi connectivity index (χ0v) is 10.9. The molecule has 1 unspecified atom stereocenters. The van der Waals surface area contributed by atoms with Crippen molar-refractivity contribution >= 4 is 52.7 Å². The summed E-state index contributed by atoms with van der Waals surface area (Å²) in [6.07, 6.45) is -0.579. The molecule has 0 aromatic carbocycles. The predicted octanol–water partition coefficient (Wildman–Crippen LogP) is 3.18. The van der Waals surface area contributed by atoms with Crippen LogP contribution in [0.15, 0.2) is 0 Å². The van der Waals surface area contributed by atoms with Gasteiger partial charge in [0.05, 0.1) is 6.61 Å². The fraction of sp³-hybridized carbons (Fsp3) is 0.857. The fourth-order valence-electron chi connectivity index (χ4n) is 0.664. The number of carbonyl (C=O) groups is 1. The van der Waals surface area contributed by atoms with E-state index in [9.17, 15) is 4.79 Å². The van der Waals surface area contributed by atoms with Gasteiger partial charge >= 0.3 is 6.09 Å². The molecule has 1 amide bonds. The first kappa shape index (κ1) is 14.5. The van der Waals surface area contributed by atoms with Gasteiger partial charge in [-0.25, -0.2) is 4.79 Å². The molecule has 0 aliphatic heterocycles. The molecule has 0 rings (SSSR count). The molecule has 14 heavy (non-hydrogen) atoms. The molecule has 0 bridgehead atoms. The minimum atomic E-state index is -1.53. The van der Waals surface area contributed by atoms with E-state index >= 15 is 0 Å². The number of hydrogen-bond donors (Lipinski definition) is 1. The summed E-state index contributed by atoms with van der Waals surface area (Å²) in [5, 5.41) is 1.86. The highest BCUT2D eigenvalue weighted by molar-refractivity contribution is 8.00. The van der Waals surface area contributed by atoms with Crippen molar-refractivity contribution in [2.45, 2.75) is 23.0 Å². The normalized spacial score (nSPS) is 13.5. The molecule has 7 heteroatoms. The summed E-state index contributed by atoms with van der Waals surface area (Å²) in [5.41, 5.74) is 0. The maximum absolute atomic E-state index is 11.1. The number of alkyl carbamates (subject to hydrolysis) is 1. The third kappa shape index (κ3) is 6.06. The number of rotatable bonds is 4. The maximum atomic E-state index is 11.1. The Morgan fingerprint density at radius 3 is 2.43 bits per heavy atom. The SMILES string of the molecule is CCOC(=O)NC(SCC)C(Cl)(Cl)Cl. The Kier molecular flexibility index (Phi) is 7.12. The van der Waals surface area contributed by atoms with Gasteiger partial charge in [-0.1, -0.05) is 41.7 Å². The Morgan fingerprint density at radius 2 is 2.07 bits per heavy atom. The Labute approximate surface area is 103 Å². The Bertz CT molecular complexity index is 186. The number of carbonyl (C=O) groups excluding carboxylic acids is 1. The third-order valence-corrected chi connectivity index (χ3v) is 3.34. The van der Waals surface area contributed by atoms with Gasteiger partial charge in [0.15, 0.2) is 0 Å². The van der Waals surface area contributed by atoms with Crippen LogP contribution in [-0.2, 0) is 4.74 Å². The highest BCUT2D eigenvalue weighted by Crippen LogP contribution is 2.35. The largest absolute Gasteiger partial charge is 0.450 e.